The Kier molecular flexibility index (Phi) is 9.23. The summed E-state index contributed by atoms with van der Waals surface area (Å²) >= 11 is 7.64. The number of thiophene rings is 1. The number of aromatic nitrogens is 2. The number of aryl methyl sites for hydroxylation is 1. The summed E-state index contributed by atoms with van der Waals surface area (Å²) < 4.78 is 39.0. The number of ether oxygens (including phenoxy) is 2. The molecule has 15 heteroatoms. The number of rotatable bonds is 10. The van der Waals surface area contributed by atoms with Crippen LogP contribution in [0, 0.1) is 12.8 Å². The molecular weight excluding hydrogens is 606 g/mol. The number of carbonyl (C=O) groups excluding carboxylic acids is 2. The number of benzene rings is 1. The third kappa shape index (κ3) is 6.97. The molecule has 0 radical (unpaired) electrons. The van der Waals surface area contributed by atoms with E-state index in [1.165, 1.54) is 23.9 Å². The van der Waals surface area contributed by atoms with E-state index in [9.17, 15) is 18.0 Å². The number of carbonyl (C=O) groups is 2. The topological polar surface area (TPSA) is 186 Å². The second kappa shape index (κ2) is 12.7. The molecule has 2 aliphatic rings. The highest BCUT2D eigenvalue weighted by Gasteiger charge is 2.38. The van der Waals surface area contributed by atoms with Crippen LogP contribution in [0.15, 0.2) is 36.8 Å². The summed E-state index contributed by atoms with van der Waals surface area (Å²) in [5, 5.41) is 8.85. The van der Waals surface area contributed by atoms with Gasteiger partial charge in [0.2, 0.25) is 5.78 Å². The number of nitrogens with zero attached hydrogens (tertiary/aromatic N) is 2. The highest BCUT2D eigenvalue weighted by atomic mass is 35.5. The first kappa shape index (κ1) is 30.5. The number of hydrogen-bond acceptors (Lipinski definition) is 12. The van der Waals surface area contributed by atoms with Crippen molar-refractivity contribution in [2.75, 3.05) is 25.1 Å². The lowest BCUT2D eigenvalue weighted by atomic mass is 9.93. The molecule has 0 saturated heterocycles. The van der Waals surface area contributed by atoms with Gasteiger partial charge in [-0.25, -0.2) is 15.1 Å². The van der Waals surface area contributed by atoms with E-state index in [1.807, 2.05) is 31.2 Å². The van der Waals surface area contributed by atoms with Gasteiger partial charge in [0.25, 0.3) is 0 Å². The largest absolute Gasteiger partial charge is 0.461 e. The molecule has 0 bridgehead atoms. The Morgan fingerprint density at radius 2 is 2.05 bits per heavy atom. The highest BCUT2D eigenvalue weighted by molar-refractivity contribution is 7.84. The lowest BCUT2D eigenvalue weighted by Gasteiger charge is -2.26. The molecule has 4 atom stereocenters. The molecule has 224 valence electrons. The van der Waals surface area contributed by atoms with E-state index in [-0.39, 0.29) is 36.6 Å². The van der Waals surface area contributed by atoms with Crippen LogP contribution in [0.2, 0.25) is 5.02 Å². The van der Waals surface area contributed by atoms with Gasteiger partial charge >= 0.3 is 16.3 Å². The second-order valence-corrected chi connectivity index (χ2v) is 13.1. The van der Waals surface area contributed by atoms with Gasteiger partial charge in [-0.15, -0.1) is 11.3 Å². The third-order valence-corrected chi connectivity index (χ3v) is 9.10. The van der Waals surface area contributed by atoms with Crippen molar-refractivity contribution >= 4 is 50.8 Å². The molecule has 12 nitrogen and oxygen atoms in total. The minimum atomic E-state index is -4.19. The predicted octanol–water partition coefficient (Wildman–Crippen LogP) is 2.67. The maximum atomic E-state index is 13.8. The molecule has 2 aromatic heterocycles. The van der Waals surface area contributed by atoms with Gasteiger partial charge in [-0.3, -0.25) is 13.8 Å². The number of halogens is 1. The van der Waals surface area contributed by atoms with E-state index < -0.39 is 28.3 Å². The van der Waals surface area contributed by atoms with Crippen LogP contribution in [0.1, 0.15) is 55.7 Å². The smallest absolute Gasteiger partial charge is 0.333 e. The van der Waals surface area contributed by atoms with Gasteiger partial charge in [0.15, 0.2) is 0 Å². The van der Waals surface area contributed by atoms with Crippen molar-refractivity contribution in [2.24, 2.45) is 16.8 Å². The second-order valence-electron chi connectivity index (χ2n) is 10.2. The first-order valence-corrected chi connectivity index (χ1v) is 15.9. The van der Waals surface area contributed by atoms with Gasteiger partial charge in [-0.2, -0.15) is 8.42 Å². The molecule has 1 aliphatic heterocycles. The summed E-state index contributed by atoms with van der Waals surface area (Å²) in [5.41, 5.74) is 8.71. The van der Waals surface area contributed by atoms with Gasteiger partial charge in [-0.1, -0.05) is 17.7 Å². The average Bonchev–Trinajstić information content (AvgIpc) is 3.53. The summed E-state index contributed by atoms with van der Waals surface area (Å²) in [6.45, 7) is 1.91. The predicted molar refractivity (Wildman–Crippen MR) is 156 cm³/mol. The first-order chi connectivity index (χ1) is 20.0. The number of nitrogens with one attached hydrogen (secondary N) is 1. The fraction of sp³-hybridized carbons (Fsp3) is 0.407. The molecule has 1 unspecified atom stereocenters. The molecule has 1 saturated carbocycles. The molecule has 3 aromatic rings. The van der Waals surface area contributed by atoms with Crippen LogP contribution in [0.4, 0.5) is 5.82 Å². The van der Waals surface area contributed by atoms with E-state index in [0.29, 0.717) is 35.2 Å². The highest BCUT2D eigenvalue weighted by Crippen LogP contribution is 2.39. The lowest BCUT2D eigenvalue weighted by molar-refractivity contribution is -0.149. The van der Waals surface area contributed by atoms with Gasteiger partial charge in [-0.05, 0) is 54.7 Å². The summed E-state index contributed by atoms with van der Waals surface area (Å²) in [5.74, 6) is -1.07. The van der Waals surface area contributed by atoms with Crippen LogP contribution in [-0.4, -0.2) is 62.0 Å². The Hall–Kier alpha value is -2.98. The van der Waals surface area contributed by atoms with Crippen LogP contribution in [0.5, 0.6) is 0 Å². The van der Waals surface area contributed by atoms with Crippen LogP contribution in [0.25, 0.3) is 0 Å². The molecule has 0 spiro atoms. The van der Waals surface area contributed by atoms with Crippen LogP contribution in [0.3, 0.4) is 0 Å². The van der Waals surface area contributed by atoms with Crippen molar-refractivity contribution in [1.29, 1.82) is 0 Å². The zero-order valence-electron chi connectivity index (χ0n) is 22.6. The monoisotopic (exact) mass is 635 g/mol. The third-order valence-electron chi connectivity index (χ3n) is 7.33. The van der Waals surface area contributed by atoms with E-state index in [2.05, 4.69) is 15.3 Å². The van der Waals surface area contributed by atoms with E-state index in [0.717, 1.165) is 28.0 Å². The van der Waals surface area contributed by atoms with Crippen molar-refractivity contribution in [2.45, 2.75) is 44.4 Å². The number of anilines is 1. The van der Waals surface area contributed by atoms with Crippen LogP contribution < -0.4 is 16.2 Å². The van der Waals surface area contributed by atoms with Gasteiger partial charge in [0, 0.05) is 34.5 Å². The van der Waals surface area contributed by atoms with Crippen molar-refractivity contribution < 1.29 is 31.7 Å². The molecular formula is C27H30ClN5O7S2. The first-order valence-electron chi connectivity index (χ1n) is 13.2. The molecule has 42 heavy (non-hydrogen) atoms. The Labute approximate surface area is 252 Å². The lowest BCUT2D eigenvalue weighted by Crippen LogP contribution is -2.30. The summed E-state index contributed by atoms with van der Waals surface area (Å²) in [4.78, 5) is 35.5. The SMILES string of the molecule is Cc1sc(C(=O)c2cncnc2N[C@@H]2CC(COS(N)(=O)=O)[C@@H](OC(=O)CN)C2)cc1[C@@H]1OCCc2ccc(Cl)cc21. The summed E-state index contributed by atoms with van der Waals surface area (Å²) in [6, 6.07) is 7.31. The van der Waals surface area contributed by atoms with Gasteiger partial charge in [0.1, 0.15) is 24.4 Å². The normalized spacial score (nSPS) is 22.0. The summed E-state index contributed by atoms with van der Waals surface area (Å²) in [7, 11) is -4.19. The molecule has 5 N–H and O–H groups in total. The fourth-order valence-electron chi connectivity index (χ4n) is 5.40. The maximum absolute atomic E-state index is 13.8. The Morgan fingerprint density at radius 1 is 1.24 bits per heavy atom. The van der Waals surface area contributed by atoms with E-state index in [4.69, 9.17) is 36.1 Å². The quantitative estimate of drug-likeness (QED) is 0.220. The molecule has 3 heterocycles. The van der Waals surface area contributed by atoms with E-state index >= 15 is 0 Å². The zero-order valence-corrected chi connectivity index (χ0v) is 25.0. The average molecular weight is 636 g/mol. The fourth-order valence-corrected chi connectivity index (χ4v) is 6.95. The number of ketones is 1. The molecule has 1 aromatic carbocycles. The van der Waals surface area contributed by atoms with E-state index in [1.54, 1.807) is 0 Å². The van der Waals surface area contributed by atoms with Gasteiger partial charge in [0.05, 0.1) is 30.2 Å². The van der Waals surface area contributed by atoms with Crippen molar-refractivity contribution in [3.63, 3.8) is 0 Å². The van der Waals surface area contributed by atoms with Crippen LogP contribution >= 0.6 is 22.9 Å². The summed E-state index contributed by atoms with van der Waals surface area (Å²) in [6.07, 6.45) is 3.22. The number of nitrogens with two attached hydrogens (primary N) is 2. The minimum absolute atomic E-state index is 0.262. The van der Waals surface area contributed by atoms with Gasteiger partial charge < -0.3 is 20.5 Å². The van der Waals surface area contributed by atoms with Crippen molar-refractivity contribution in [3.8, 4) is 0 Å². The number of esters is 1. The molecule has 1 aliphatic carbocycles. The number of fused-ring (bicyclic) bond motifs is 1. The Morgan fingerprint density at radius 3 is 2.81 bits per heavy atom. The Balaban J connectivity index is 1.36. The van der Waals surface area contributed by atoms with Crippen molar-refractivity contribution in [1.82, 2.24) is 9.97 Å². The minimum Gasteiger partial charge on any atom is -0.461 e. The zero-order chi connectivity index (χ0) is 30.0. The maximum Gasteiger partial charge on any atom is 0.333 e. The molecule has 0 amide bonds. The Bertz CT molecular complexity index is 1600. The number of hydrogen-bond donors (Lipinski definition) is 3. The standard InChI is InChI=1S/C27H30ClN5O7S2/c1-14-19(26-20-7-17(28)3-2-15(20)4-5-38-26)9-23(41-14)25(35)21-11-31-13-32-27(21)33-18-6-16(12-39-42(30,36)37)22(8-18)40-24(34)10-29/h2-3,7,9,11,13,16,18,22,26H,4-6,8,10,12,29H2,1H3,(H2,30,36,37)(H,31,32,33)/t16?,18-,22+,26+/m1/s1. The van der Waals surface area contributed by atoms with Crippen LogP contribution in [-0.2, 0) is 35.2 Å². The molecule has 5 rings (SSSR count). The van der Waals surface area contributed by atoms with Crippen molar-refractivity contribution in [3.05, 3.63) is 73.8 Å². The molecule has 1 fully saturated rings.